The van der Waals surface area contributed by atoms with Crippen LogP contribution in [0.15, 0.2) is 36.8 Å². The minimum absolute atomic E-state index is 0.0536. The van der Waals surface area contributed by atoms with Crippen molar-refractivity contribution in [1.82, 2.24) is 34.5 Å². The molecule has 1 aliphatic rings. The SMILES string of the molecule is Cc1c(-c2cc(OC(CO[Si](C)(C)C(C)(C)C)c3ccc(F)cn3)c3c(Cl)cnn3c2)nnn1[C@H]1CCN(C(=O)O)C[C@H]1F. The molecule has 1 amide bonds. The van der Waals surface area contributed by atoms with E-state index < -0.39 is 38.5 Å². The van der Waals surface area contributed by atoms with Crippen LogP contribution >= 0.6 is 11.6 Å². The Balaban J connectivity index is 1.51. The number of pyridine rings is 2. The molecule has 1 saturated heterocycles. The van der Waals surface area contributed by atoms with E-state index in [4.69, 9.17) is 20.8 Å². The second kappa shape index (κ2) is 12.0. The summed E-state index contributed by atoms with van der Waals surface area (Å²) in [4.78, 5) is 16.7. The fraction of sp³-hybridized carbons (Fsp3) is 0.483. The molecule has 44 heavy (non-hydrogen) atoms. The minimum Gasteiger partial charge on any atom is -0.479 e. The van der Waals surface area contributed by atoms with Crippen LogP contribution in [0.1, 0.15) is 50.7 Å². The van der Waals surface area contributed by atoms with Gasteiger partial charge in [0.25, 0.3) is 0 Å². The topological polar surface area (TPSA) is 120 Å². The lowest BCUT2D eigenvalue weighted by molar-refractivity contribution is 0.0741. The third-order valence-electron chi connectivity index (χ3n) is 8.58. The number of rotatable bonds is 8. The number of ether oxygens (including phenoxy) is 1. The smallest absolute Gasteiger partial charge is 0.407 e. The number of hydrogen-bond acceptors (Lipinski definition) is 7. The lowest BCUT2D eigenvalue weighted by Gasteiger charge is -2.37. The number of likely N-dealkylation sites (tertiary alicyclic amines) is 1. The Bertz CT molecular complexity index is 1660. The lowest BCUT2D eigenvalue weighted by atomic mass is 10.0. The second-order valence-corrected chi connectivity index (χ2v) is 17.7. The molecule has 1 fully saturated rings. The average Bonchev–Trinajstić information content (AvgIpc) is 3.52. The predicted octanol–water partition coefficient (Wildman–Crippen LogP) is 6.49. The molecule has 1 N–H and O–H groups in total. The Kier molecular flexibility index (Phi) is 8.71. The molecule has 0 bridgehead atoms. The van der Waals surface area contributed by atoms with E-state index in [2.05, 4.69) is 54.3 Å². The van der Waals surface area contributed by atoms with Crippen molar-refractivity contribution in [2.75, 3.05) is 19.7 Å². The molecule has 0 radical (unpaired) electrons. The van der Waals surface area contributed by atoms with Crippen LogP contribution in [0, 0.1) is 12.7 Å². The van der Waals surface area contributed by atoms with Crippen molar-refractivity contribution in [3.63, 3.8) is 0 Å². The minimum atomic E-state index is -2.19. The van der Waals surface area contributed by atoms with Crippen molar-refractivity contribution < 1.29 is 27.8 Å². The first-order valence-electron chi connectivity index (χ1n) is 14.3. The van der Waals surface area contributed by atoms with Crippen molar-refractivity contribution in [3.05, 3.63) is 59.0 Å². The number of alkyl halides is 1. The van der Waals surface area contributed by atoms with Crippen LogP contribution in [0.4, 0.5) is 13.6 Å². The summed E-state index contributed by atoms with van der Waals surface area (Å²) in [6.45, 7) is 12.6. The summed E-state index contributed by atoms with van der Waals surface area (Å²) >= 11 is 6.55. The molecule has 236 valence electrons. The molecule has 3 atom stereocenters. The van der Waals surface area contributed by atoms with Crippen LogP contribution in [-0.4, -0.2) is 79.9 Å². The number of carbonyl (C=O) groups is 1. The summed E-state index contributed by atoms with van der Waals surface area (Å²) in [5.74, 6) is -0.101. The highest BCUT2D eigenvalue weighted by Gasteiger charge is 2.38. The standard InChI is InChI=1S/C29H36ClF2N7O4Si/c1-17-26(35-36-39(17)23-9-10-37(28(40)41)15-21(23)32)18-11-24(27-20(30)13-34-38(27)14-18)43-25(22-8-7-19(31)12-33-22)16-42-44(5,6)29(2,3)4/h7-8,11-14,21,23,25H,9-10,15-16H2,1-6H3,(H,40,41)/t21-,23+,25?/m1/s1. The van der Waals surface area contributed by atoms with Crippen molar-refractivity contribution in [1.29, 1.82) is 0 Å². The molecule has 0 aromatic carbocycles. The number of piperidine rings is 1. The molecule has 0 spiro atoms. The van der Waals surface area contributed by atoms with Crippen molar-refractivity contribution in [2.24, 2.45) is 0 Å². The zero-order valence-electron chi connectivity index (χ0n) is 25.5. The zero-order chi connectivity index (χ0) is 32.0. The Labute approximate surface area is 259 Å². The largest absolute Gasteiger partial charge is 0.479 e. The molecule has 4 aromatic rings. The number of fused-ring (bicyclic) bond motifs is 1. The first-order valence-corrected chi connectivity index (χ1v) is 17.6. The van der Waals surface area contributed by atoms with Crippen LogP contribution < -0.4 is 4.74 Å². The number of carboxylic acid groups (broad SMARTS) is 1. The van der Waals surface area contributed by atoms with Gasteiger partial charge in [0.1, 0.15) is 28.9 Å². The van der Waals surface area contributed by atoms with Gasteiger partial charge in [-0.15, -0.1) is 5.10 Å². The maximum atomic E-state index is 15.1. The van der Waals surface area contributed by atoms with E-state index in [0.29, 0.717) is 38.9 Å². The highest BCUT2D eigenvalue weighted by atomic mass is 35.5. The summed E-state index contributed by atoms with van der Waals surface area (Å²) < 4.78 is 45.0. The van der Waals surface area contributed by atoms with E-state index in [1.807, 2.05) is 0 Å². The van der Waals surface area contributed by atoms with Gasteiger partial charge in [-0.2, -0.15) is 5.10 Å². The van der Waals surface area contributed by atoms with Gasteiger partial charge < -0.3 is 19.2 Å². The van der Waals surface area contributed by atoms with Gasteiger partial charge >= 0.3 is 6.09 Å². The van der Waals surface area contributed by atoms with E-state index in [0.717, 1.165) is 11.1 Å². The Morgan fingerprint density at radius 2 is 2.02 bits per heavy atom. The number of amides is 1. The van der Waals surface area contributed by atoms with E-state index in [1.165, 1.54) is 16.9 Å². The summed E-state index contributed by atoms with van der Waals surface area (Å²) in [5, 5.41) is 22.5. The van der Waals surface area contributed by atoms with Crippen molar-refractivity contribution >= 4 is 31.5 Å². The van der Waals surface area contributed by atoms with E-state index in [9.17, 15) is 14.3 Å². The van der Waals surface area contributed by atoms with Crippen LogP contribution in [0.2, 0.25) is 23.2 Å². The normalized spacial score (nSPS) is 18.5. The number of halogens is 3. The maximum absolute atomic E-state index is 15.1. The number of nitrogens with zero attached hydrogens (tertiary/aromatic N) is 7. The quantitative estimate of drug-likeness (QED) is 0.215. The van der Waals surface area contributed by atoms with E-state index in [1.54, 1.807) is 29.8 Å². The first kappa shape index (κ1) is 31.8. The van der Waals surface area contributed by atoms with E-state index >= 15 is 4.39 Å². The van der Waals surface area contributed by atoms with Crippen LogP contribution in [0.5, 0.6) is 5.75 Å². The number of aromatic nitrogens is 6. The molecular formula is C29H36ClF2N7O4Si. The third-order valence-corrected chi connectivity index (χ3v) is 13.4. The summed E-state index contributed by atoms with van der Waals surface area (Å²) in [6, 6.07) is 3.98. The molecule has 5 heterocycles. The van der Waals surface area contributed by atoms with Gasteiger partial charge in [-0.3, -0.25) is 4.98 Å². The molecule has 1 unspecified atom stereocenters. The van der Waals surface area contributed by atoms with Crippen LogP contribution in [0.25, 0.3) is 16.8 Å². The second-order valence-electron chi connectivity index (χ2n) is 12.5. The van der Waals surface area contributed by atoms with Gasteiger partial charge in [-0.25, -0.2) is 22.8 Å². The molecule has 1 aliphatic heterocycles. The zero-order valence-corrected chi connectivity index (χ0v) is 27.2. The molecule has 5 rings (SSSR count). The van der Waals surface area contributed by atoms with Crippen molar-refractivity contribution in [3.8, 4) is 17.0 Å². The lowest BCUT2D eigenvalue weighted by Crippen LogP contribution is -2.45. The van der Waals surface area contributed by atoms with Gasteiger partial charge in [-0.05, 0) is 49.7 Å². The molecule has 4 aromatic heterocycles. The summed E-state index contributed by atoms with van der Waals surface area (Å²) in [6.07, 6.45) is 1.33. The fourth-order valence-corrected chi connectivity index (χ4v) is 6.17. The third kappa shape index (κ3) is 6.28. The molecule has 11 nitrogen and oxygen atoms in total. The Morgan fingerprint density at radius 3 is 2.66 bits per heavy atom. The Hall–Kier alpha value is -3.62. The van der Waals surface area contributed by atoms with Gasteiger partial charge in [0.05, 0.1) is 48.0 Å². The Morgan fingerprint density at radius 1 is 1.27 bits per heavy atom. The maximum Gasteiger partial charge on any atom is 0.407 e. The molecular weight excluding hydrogens is 612 g/mol. The molecule has 15 heteroatoms. The highest BCUT2D eigenvalue weighted by molar-refractivity contribution is 6.74. The van der Waals surface area contributed by atoms with Gasteiger partial charge in [0.2, 0.25) is 0 Å². The van der Waals surface area contributed by atoms with Crippen LogP contribution in [-0.2, 0) is 4.43 Å². The first-order chi connectivity index (χ1) is 20.7. The molecule has 0 saturated carbocycles. The monoisotopic (exact) mass is 647 g/mol. The predicted molar refractivity (Wildman–Crippen MR) is 163 cm³/mol. The van der Waals surface area contributed by atoms with Crippen molar-refractivity contribution in [2.45, 2.75) is 70.6 Å². The van der Waals surface area contributed by atoms with Crippen LogP contribution in [0.3, 0.4) is 0 Å². The number of hydrogen-bond donors (Lipinski definition) is 1. The van der Waals surface area contributed by atoms with E-state index in [-0.39, 0.29) is 31.2 Å². The van der Waals surface area contributed by atoms with Gasteiger partial charge in [0.15, 0.2) is 14.4 Å². The molecule has 0 aliphatic carbocycles. The van der Waals surface area contributed by atoms with Gasteiger partial charge in [-0.1, -0.05) is 37.6 Å². The summed E-state index contributed by atoms with van der Waals surface area (Å²) in [5.41, 5.74) is 2.65. The van der Waals surface area contributed by atoms with Gasteiger partial charge in [0, 0.05) is 18.3 Å². The highest BCUT2D eigenvalue weighted by Crippen LogP contribution is 2.39. The summed E-state index contributed by atoms with van der Waals surface area (Å²) in [7, 11) is -2.19. The fourth-order valence-electron chi connectivity index (χ4n) is 4.94. The average molecular weight is 648 g/mol.